The number of nitrogens with one attached hydrogen (secondary N) is 1. The molecule has 2 fully saturated rings. The minimum Gasteiger partial charge on any atom is -0.369 e. The summed E-state index contributed by atoms with van der Waals surface area (Å²) in [6.07, 6.45) is 5.23. The predicted molar refractivity (Wildman–Crippen MR) is 131 cm³/mol. The summed E-state index contributed by atoms with van der Waals surface area (Å²) in [6, 6.07) is 8.36. The fourth-order valence-electron chi connectivity index (χ4n) is 4.77. The van der Waals surface area contributed by atoms with Crippen molar-refractivity contribution in [1.29, 1.82) is 0 Å². The smallest absolute Gasteiger partial charge is 0.266 e. The molecule has 34 heavy (non-hydrogen) atoms. The van der Waals surface area contributed by atoms with Gasteiger partial charge in [0.1, 0.15) is 0 Å². The Morgan fingerprint density at radius 2 is 1.53 bits per heavy atom. The first-order chi connectivity index (χ1) is 16.0. The Kier molecular flexibility index (Phi) is 8.61. The molecule has 0 aliphatic carbocycles. The van der Waals surface area contributed by atoms with Gasteiger partial charge in [-0.1, -0.05) is 31.9 Å². The van der Waals surface area contributed by atoms with Gasteiger partial charge in [-0.3, -0.25) is 10.0 Å². The van der Waals surface area contributed by atoms with E-state index >= 15 is 0 Å². The molecule has 2 aliphatic heterocycles. The number of carbonyl (C=O) groups is 1. The van der Waals surface area contributed by atoms with Crippen molar-refractivity contribution in [3.8, 4) is 0 Å². The molecule has 0 spiro atoms. The molecule has 1 aromatic rings. The van der Waals surface area contributed by atoms with Crippen LogP contribution in [0.4, 0.5) is 5.69 Å². The third-order valence-electron chi connectivity index (χ3n) is 6.96. The molecule has 0 atom stereocenters. The van der Waals surface area contributed by atoms with Crippen molar-refractivity contribution in [3.05, 3.63) is 29.8 Å². The molecule has 2 heterocycles. The van der Waals surface area contributed by atoms with Gasteiger partial charge in [-0.15, -0.1) is 0 Å². The van der Waals surface area contributed by atoms with Crippen LogP contribution < -0.4 is 10.4 Å². The number of unbranched alkanes of at least 4 members (excludes halogenated alkanes) is 2. The van der Waals surface area contributed by atoms with Gasteiger partial charge in [0.2, 0.25) is 20.0 Å². The van der Waals surface area contributed by atoms with E-state index in [1.54, 1.807) is 0 Å². The van der Waals surface area contributed by atoms with Gasteiger partial charge in [-0.2, -0.15) is 4.31 Å². The number of hydrogen-bond donors (Lipinski definition) is 2. The summed E-state index contributed by atoms with van der Waals surface area (Å²) >= 11 is 0. The van der Waals surface area contributed by atoms with Crippen molar-refractivity contribution in [3.63, 3.8) is 0 Å². The molecule has 1 amide bonds. The maximum absolute atomic E-state index is 13.6. The summed E-state index contributed by atoms with van der Waals surface area (Å²) in [6.45, 7) is 3.33. The molecule has 12 heteroatoms. The predicted octanol–water partition coefficient (Wildman–Crippen LogP) is 1.17. The van der Waals surface area contributed by atoms with Crippen LogP contribution in [0.3, 0.4) is 0 Å². The van der Waals surface area contributed by atoms with Crippen molar-refractivity contribution >= 4 is 31.6 Å². The number of sulfonamides is 2. The maximum Gasteiger partial charge on any atom is 0.266 e. The zero-order valence-corrected chi connectivity index (χ0v) is 21.6. The second-order valence-electron chi connectivity index (χ2n) is 9.11. The summed E-state index contributed by atoms with van der Waals surface area (Å²) in [7, 11) is -7.64. The van der Waals surface area contributed by atoms with Gasteiger partial charge in [0.05, 0.1) is 6.26 Å². The normalized spacial score (nSPS) is 20.3. The van der Waals surface area contributed by atoms with Gasteiger partial charge in [-0.05, 0) is 43.4 Å². The average molecular weight is 517 g/mol. The Balaban J connectivity index is 1.68. The molecule has 0 saturated carbocycles. The molecular weight excluding hydrogens is 480 g/mol. The summed E-state index contributed by atoms with van der Waals surface area (Å²) in [5.41, 5.74) is 3.83. The molecule has 0 unspecified atom stereocenters. The molecule has 1 aromatic carbocycles. The molecule has 3 rings (SSSR count). The number of rotatable bonds is 9. The lowest BCUT2D eigenvalue weighted by atomic mass is 9.96. The second-order valence-corrected chi connectivity index (χ2v) is 13.3. The van der Waals surface area contributed by atoms with Gasteiger partial charge in [0.25, 0.3) is 5.91 Å². The van der Waals surface area contributed by atoms with Gasteiger partial charge < -0.3 is 4.90 Å². The summed E-state index contributed by atoms with van der Waals surface area (Å²) in [5, 5.41) is 9.30. The van der Waals surface area contributed by atoms with E-state index in [2.05, 4.69) is 36.1 Å². The third-order valence-corrected chi connectivity index (χ3v) is 10.9. The molecule has 0 bridgehead atoms. The highest BCUT2D eigenvalue weighted by Gasteiger charge is 2.55. The Bertz CT molecular complexity index is 1040. The minimum atomic E-state index is -4.14. The lowest BCUT2D eigenvalue weighted by molar-refractivity contribution is -0.133. The summed E-state index contributed by atoms with van der Waals surface area (Å²) < 4.78 is 51.5. The Hall–Kier alpha value is -1.73. The third kappa shape index (κ3) is 5.56. The number of piperidine rings is 1. The molecule has 192 valence electrons. The molecule has 0 radical (unpaired) electrons. The zero-order valence-electron chi connectivity index (χ0n) is 19.9. The Labute approximate surface area is 203 Å². The average Bonchev–Trinajstić information content (AvgIpc) is 2.83. The number of anilines is 1. The highest BCUT2D eigenvalue weighted by molar-refractivity contribution is 7.91. The van der Waals surface area contributed by atoms with Crippen LogP contribution in [0.2, 0.25) is 0 Å². The Morgan fingerprint density at radius 3 is 2.03 bits per heavy atom. The Morgan fingerprint density at radius 1 is 0.941 bits per heavy atom. The van der Waals surface area contributed by atoms with Crippen molar-refractivity contribution in [2.75, 3.05) is 50.4 Å². The monoisotopic (exact) mass is 516 g/mol. The van der Waals surface area contributed by atoms with Crippen LogP contribution in [-0.2, 0) is 31.3 Å². The highest BCUT2D eigenvalue weighted by Crippen LogP contribution is 2.35. The van der Waals surface area contributed by atoms with Crippen LogP contribution in [0.5, 0.6) is 0 Å². The van der Waals surface area contributed by atoms with Crippen LogP contribution in [0.15, 0.2) is 24.3 Å². The molecular formula is C22H36N4O6S2. The number of hydroxylamine groups is 1. The van der Waals surface area contributed by atoms with E-state index in [-0.39, 0.29) is 39.0 Å². The SMILES string of the molecule is CCCCCc1ccc(N2CCN(S(=O)(=O)C3(C(=O)NO)CCN(S(C)(=O)=O)CC3)CC2)cc1. The van der Waals surface area contributed by atoms with E-state index in [4.69, 9.17) is 0 Å². The number of piperazine rings is 1. The topological polar surface area (TPSA) is 127 Å². The molecule has 0 aromatic heterocycles. The highest BCUT2D eigenvalue weighted by atomic mass is 32.2. The number of aryl methyl sites for hydroxylation is 1. The van der Waals surface area contributed by atoms with E-state index < -0.39 is 30.7 Å². The molecule has 10 nitrogen and oxygen atoms in total. The van der Waals surface area contributed by atoms with E-state index in [9.17, 15) is 26.8 Å². The van der Waals surface area contributed by atoms with Crippen LogP contribution in [-0.4, -0.2) is 86.8 Å². The molecule has 2 aliphatic rings. The first kappa shape index (κ1) is 26.9. The van der Waals surface area contributed by atoms with Crippen LogP contribution in [0, 0.1) is 0 Å². The fraction of sp³-hybridized carbons (Fsp3) is 0.682. The van der Waals surface area contributed by atoms with Crippen molar-refractivity contribution < 1.29 is 26.8 Å². The number of nitrogens with zero attached hydrogens (tertiary/aromatic N) is 3. The van der Waals surface area contributed by atoms with E-state index in [1.807, 2.05) is 0 Å². The van der Waals surface area contributed by atoms with Crippen LogP contribution in [0.1, 0.15) is 44.6 Å². The lowest BCUT2D eigenvalue weighted by Crippen LogP contribution is -2.63. The number of hydrogen-bond acceptors (Lipinski definition) is 7. The second kappa shape index (κ2) is 10.9. The lowest BCUT2D eigenvalue weighted by Gasteiger charge is -2.43. The van der Waals surface area contributed by atoms with Gasteiger partial charge in [-0.25, -0.2) is 26.6 Å². The van der Waals surface area contributed by atoms with E-state index in [0.717, 1.165) is 29.1 Å². The standard InChI is InChI=1S/C22H36N4O6S2/c1-3-4-5-6-19-7-9-20(10-8-19)24-15-17-26(18-16-24)34(31,32)22(21(27)23-28)11-13-25(14-12-22)33(2,29)30/h7-10,28H,3-6,11-18H2,1-2H3,(H,23,27). The van der Waals surface area contributed by atoms with Gasteiger partial charge in [0, 0.05) is 45.0 Å². The van der Waals surface area contributed by atoms with E-state index in [1.165, 1.54) is 28.2 Å². The van der Waals surface area contributed by atoms with Crippen molar-refractivity contribution in [1.82, 2.24) is 14.1 Å². The van der Waals surface area contributed by atoms with Gasteiger partial charge in [0.15, 0.2) is 4.75 Å². The molecule has 2 saturated heterocycles. The number of benzene rings is 1. The summed E-state index contributed by atoms with van der Waals surface area (Å²) in [4.78, 5) is 14.7. The van der Waals surface area contributed by atoms with E-state index in [0.29, 0.717) is 13.1 Å². The minimum absolute atomic E-state index is 0.101. The van der Waals surface area contributed by atoms with Gasteiger partial charge >= 0.3 is 0 Å². The number of carbonyl (C=O) groups excluding carboxylic acids is 1. The maximum atomic E-state index is 13.6. The molecule has 2 N–H and O–H groups in total. The number of amides is 1. The quantitative estimate of drug-likeness (QED) is 0.287. The van der Waals surface area contributed by atoms with Crippen molar-refractivity contribution in [2.24, 2.45) is 0 Å². The van der Waals surface area contributed by atoms with Crippen LogP contribution in [0.25, 0.3) is 0 Å². The largest absolute Gasteiger partial charge is 0.369 e. The fourth-order valence-corrected chi connectivity index (χ4v) is 7.73. The first-order valence-corrected chi connectivity index (χ1v) is 15.1. The van der Waals surface area contributed by atoms with Crippen LogP contribution >= 0.6 is 0 Å². The zero-order chi connectivity index (χ0) is 25.0. The first-order valence-electron chi connectivity index (χ1n) is 11.8. The summed E-state index contributed by atoms with van der Waals surface area (Å²) in [5.74, 6) is -1.01. The van der Waals surface area contributed by atoms with Crippen molar-refractivity contribution in [2.45, 2.75) is 50.2 Å².